The van der Waals surface area contributed by atoms with Crippen molar-refractivity contribution < 1.29 is 24.2 Å². The third-order valence-electron chi connectivity index (χ3n) is 5.93. The Labute approximate surface area is 200 Å². The smallest absolute Gasteiger partial charge is 0.302 e. The second kappa shape index (κ2) is 8.60. The van der Waals surface area contributed by atoms with Crippen molar-refractivity contribution >= 4 is 34.4 Å². The minimum atomic E-state index is -1.02. The summed E-state index contributed by atoms with van der Waals surface area (Å²) in [4.78, 5) is 40.0. The third kappa shape index (κ3) is 3.67. The van der Waals surface area contributed by atoms with Gasteiger partial charge in [0.1, 0.15) is 23.3 Å². The standard InChI is InChI=1S/C26H22N4O5/c1-14-7-9-17-19(12-14)29-26(28-17)30-22(18-6-4-5-11-27-18)21(24(32)25(30)33)23(31)16-13-15(34-2)8-10-20(16)35-3/h4-13,22,31H,1-3H3,(H,28,29)/b23-21+. The maximum absolute atomic E-state index is 13.4. The summed E-state index contributed by atoms with van der Waals surface area (Å²) >= 11 is 0. The minimum absolute atomic E-state index is 0.128. The molecule has 2 aromatic carbocycles. The number of hydrogen-bond donors (Lipinski definition) is 2. The van der Waals surface area contributed by atoms with Crippen LogP contribution in [0.4, 0.5) is 5.95 Å². The molecule has 1 saturated heterocycles. The molecule has 1 atom stereocenters. The van der Waals surface area contributed by atoms with E-state index in [4.69, 9.17) is 9.47 Å². The molecule has 35 heavy (non-hydrogen) atoms. The quantitative estimate of drug-likeness (QED) is 0.258. The Balaban J connectivity index is 1.75. The molecule has 4 aromatic rings. The zero-order valence-corrected chi connectivity index (χ0v) is 19.3. The van der Waals surface area contributed by atoms with Gasteiger partial charge in [-0.15, -0.1) is 0 Å². The molecule has 0 saturated carbocycles. The number of anilines is 1. The van der Waals surface area contributed by atoms with Crippen molar-refractivity contribution in [1.82, 2.24) is 15.0 Å². The summed E-state index contributed by atoms with van der Waals surface area (Å²) in [5.41, 5.74) is 2.86. The van der Waals surface area contributed by atoms with Crippen LogP contribution in [0.3, 0.4) is 0 Å². The van der Waals surface area contributed by atoms with Crippen LogP contribution < -0.4 is 14.4 Å². The molecular weight excluding hydrogens is 448 g/mol. The molecule has 5 rings (SSSR count). The number of nitrogens with one attached hydrogen (secondary N) is 1. The second-order valence-electron chi connectivity index (χ2n) is 8.07. The van der Waals surface area contributed by atoms with Crippen molar-refractivity contribution in [2.45, 2.75) is 13.0 Å². The van der Waals surface area contributed by atoms with Gasteiger partial charge in [-0.3, -0.25) is 19.5 Å². The number of ether oxygens (including phenoxy) is 2. The number of methoxy groups -OCH3 is 2. The van der Waals surface area contributed by atoms with Gasteiger partial charge in [0.15, 0.2) is 0 Å². The summed E-state index contributed by atoms with van der Waals surface area (Å²) in [5, 5.41) is 11.4. The van der Waals surface area contributed by atoms with E-state index >= 15 is 0 Å². The predicted octanol–water partition coefficient (Wildman–Crippen LogP) is 3.91. The van der Waals surface area contributed by atoms with Gasteiger partial charge >= 0.3 is 5.91 Å². The lowest BCUT2D eigenvalue weighted by atomic mass is 9.98. The van der Waals surface area contributed by atoms with Gasteiger partial charge in [0.05, 0.1) is 42.1 Å². The van der Waals surface area contributed by atoms with E-state index in [0.29, 0.717) is 22.7 Å². The van der Waals surface area contributed by atoms with Crippen molar-refractivity contribution in [1.29, 1.82) is 0 Å². The van der Waals surface area contributed by atoms with E-state index in [1.807, 2.05) is 25.1 Å². The average Bonchev–Trinajstić information content (AvgIpc) is 3.41. The number of aryl methyl sites for hydroxylation is 1. The first kappa shape index (κ1) is 22.1. The van der Waals surface area contributed by atoms with Crippen LogP contribution >= 0.6 is 0 Å². The normalized spacial score (nSPS) is 17.2. The van der Waals surface area contributed by atoms with Crippen LogP contribution in [0.15, 0.2) is 66.4 Å². The number of nitrogens with zero attached hydrogens (tertiary/aromatic N) is 3. The van der Waals surface area contributed by atoms with Gasteiger partial charge in [0.25, 0.3) is 5.78 Å². The summed E-state index contributed by atoms with van der Waals surface area (Å²) in [5.74, 6) is -1.15. The Kier molecular flexibility index (Phi) is 5.44. The lowest BCUT2D eigenvalue weighted by molar-refractivity contribution is -0.132. The van der Waals surface area contributed by atoms with Crippen LogP contribution in [0.1, 0.15) is 22.9 Å². The molecule has 0 aliphatic carbocycles. The van der Waals surface area contributed by atoms with Crippen LogP contribution in [0, 0.1) is 6.92 Å². The number of aromatic nitrogens is 3. The SMILES string of the molecule is COc1ccc(OC)c(/C(O)=C2\C(=O)C(=O)N(c3nc4ccc(C)cc4[nH]3)C2c2ccccn2)c1. The molecule has 2 N–H and O–H groups in total. The molecule has 9 heteroatoms. The highest BCUT2D eigenvalue weighted by Gasteiger charge is 2.49. The number of carbonyl (C=O) groups is 2. The van der Waals surface area contributed by atoms with Crippen molar-refractivity contribution in [2.75, 3.05) is 19.1 Å². The van der Waals surface area contributed by atoms with Crippen molar-refractivity contribution in [3.63, 3.8) is 0 Å². The van der Waals surface area contributed by atoms with Crippen molar-refractivity contribution in [3.8, 4) is 11.5 Å². The van der Waals surface area contributed by atoms with Crippen LogP contribution in [-0.2, 0) is 9.59 Å². The monoisotopic (exact) mass is 470 g/mol. The molecule has 2 aromatic heterocycles. The number of ketones is 1. The maximum Gasteiger partial charge on any atom is 0.302 e. The first-order valence-electron chi connectivity index (χ1n) is 10.8. The van der Waals surface area contributed by atoms with Crippen molar-refractivity contribution in [3.05, 3.63) is 83.2 Å². The highest BCUT2D eigenvalue weighted by Crippen LogP contribution is 2.42. The number of carbonyl (C=O) groups excluding carboxylic acids is 2. The fourth-order valence-electron chi connectivity index (χ4n) is 4.24. The fraction of sp³-hybridized carbons (Fsp3) is 0.154. The van der Waals surface area contributed by atoms with Gasteiger partial charge in [-0.2, -0.15) is 0 Å². The van der Waals surface area contributed by atoms with E-state index in [0.717, 1.165) is 11.1 Å². The molecular formula is C26H22N4O5. The van der Waals surface area contributed by atoms with E-state index < -0.39 is 23.5 Å². The van der Waals surface area contributed by atoms with Gasteiger partial charge in [-0.25, -0.2) is 4.98 Å². The number of hydrogen-bond acceptors (Lipinski definition) is 7. The largest absolute Gasteiger partial charge is 0.507 e. The number of rotatable bonds is 5. The van der Waals surface area contributed by atoms with E-state index in [1.165, 1.54) is 19.1 Å². The number of H-pyrrole nitrogens is 1. The Hall–Kier alpha value is -4.66. The summed E-state index contributed by atoms with van der Waals surface area (Å²) < 4.78 is 10.7. The zero-order valence-electron chi connectivity index (χ0n) is 19.3. The summed E-state index contributed by atoms with van der Waals surface area (Å²) in [6.07, 6.45) is 1.56. The number of fused-ring (bicyclic) bond motifs is 1. The number of aromatic amines is 1. The average molecular weight is 470 g/mol. The molecule has 9 nitrogen and oxygen atoms in total. The number of imidazole rings is 1. The molecule has 1 aliphatic rings. The third-order valence-corrected chi connectivity index (χ3v) is 5.93. The number of aliphatic hydroxyl groups is 1. The van der Waals surface area contributed by atoms with Crippen LogP contribution in [0.5, 0.6) is 11.5 Å². The number of benzene rings is 2. The summed E-state index contributed by atoms with van der Waals surface area (Å²) in [6.45, 7) is 1.95. The predicted molar refractivity (Wildman–Crippen MR) is 129 cm³/mol. The van der Waals surface area contributed by atoms with Gasteiger partial charge in [-0.05, 0) is 55.0 Å². The maximum atomic E-state index is 13.4. The minimum Gasteiger partial charge on any atom is -0.507 e. The molecule has 3 heterocycles. The van der Waals surface area contributed by atoms with E-state index in [2.05, 4.69) is 15.0 Å². The lowest BCUT2D eigenvalue weighted by Gasteiger charge is -2.22. The number of Topliss-reactive ketones (excluding diaryl/α,β-unsaturated/α-hetero) is 1. The molecule has 176 valence electrons. The molecule has 1 unspecified atom stereocenters. The van der Waals surface area contributed by atoms with Gasteiger partial charge in [-0.1, -0.05) is 12.1 Å². The van der Waals surface area contributed by atoms with E-state index in [-0.39, 0.29) is 17.1 Å². The lowest BCUT2D eigenvalue weighted by Crippen LogP contribution is -2.30. The van der Waals surface area contributed by atoms with Crippen molar-refractivity contribution in [2.24, 2.45) is 0 Å². The van der Waals surface area contributed by atoms with Gasteiger partial charge < -0.3 is 19.6 Å². The molecule has 0 bridgehead atoms. The molecule has 0 radical (unpaired) electrons. The van der Waals surface area contributed by atoms with Gasteiger partial charge in [0, 0.05) is 6.20 Å². The highest BCUT2D eigenvalue weighted by molar-refractivity contribution is 6.51. The first-order valence-corrected chi connectivity index (χ1v) is 10.8. The van der Waals surface area contributed by atoms with Crippen LogP contribution in [-0.4, -0.2) is 46.0 Å². The Morgan fingerprint density at radius 3 is 2.60 bits per heavy atom. The Morgan fingerprint density at radius 1 is 1.06 bits per heavy atom. The number of amides is 1. The molecule has 1 aliphatic heterocycles. The van der Waals surface area contributed by atoms with E-state index in [9.17, 15) is 14.7 Å². The highest BCUT2D eigenvalue weighted by atomic mass is 16.5. The van der Waals surface area contributed by atoms with E-state index in [1.54, 1.807) is 42.6 Å². The van der Waals surface area contributed by atoms with Crippen LogP contribution in [0.25, 0.3) is 16.8 Å². The number of aliphatic hydroxyl groups excluding tert-OH is 1. The fourth-order valence-corrected chi connectivity index (χ4v) is 4.24. The van der Waals surface area contributed by atoms with Crippen LogP contribution in [0.2, 0.25) is 0 Å². The summed E-state index contributed by atoms with van der Waals surface area (Å²) in [6, 6.07) is 14.6. The Bertz CT molecular complexity index is 1490. The molecule has 0 spiro atoms. The molecule has 1 amide bonds. The summed E-state index contributed by atoms with van der Waals surface area (Å²) in [7, 11) is 2.94. The Morgan fingerprint density at radius 2 is 1.89 bits per heavy atom. The van der Waals surface area contributed by atoms with Gasteiger partial charge in [0.2, 0.25) is 5.95 Å². The topological polar surface area (TPSA) is 118 Å². The first-order chi connectivity index (χ1) is 16.9. The zero-order chi connectivity index (χ0) is 24.7. The second-order valence-corrected chi connectivity index (χ2v) is 8.07. The number of pyridine rings is 1. The molecule has 1 fully saturated rings.